The van der Waals surface area contributed by atoms with Crippen molar-refractivity contribution in [1.29, 1.82) is 0 Å². The minimum Gasteiger partial charge on any atom is -0.393 e. The lowest BCUT2D eigenvalue weighted by Gasteiger charge is -2.41. The van der Waals surface area contributed by atoms with E-state index in [-0.39, 0.29) is 11.7 Å². The van der Waals surface area contributed by atoms with Crippen LogP contribution in [0.4, 0.5) is 0 Å². The van der Waals surface area contributed by atoms with E-state index in [0.29, 0.717) is 5.92 Å². The molecule has 17 heavy (non-hydrogen) atoms. The van der Waals surface area contributed by atoms with Gasteiger partial charge in [-0.25, -0.2) is 0 Å². The van der Waals surface area contributed by atoms with E-state index in [0.717, 1.165) is 25.9 Å². The summed E-state index contributed by atoms with van der Waals surface area (Å²) in [6, 6.07) is 0. The van der Waals surface area contributed by atoms with E-state index in [4.69, 9.17) is 4.84 Å². The maximum absolute atomic E-state index is 9.49. The fourth-order valence-electron chi connectivity index (χ4n) is 3.14. The molecule has 0 amide bonds. The molecule has 2 aliphatic rings. The number of aliphatic hydroxyl groups excluding tert-OH is 1. The van der Waals surface area contributed by atoms with Crippen LogP contribution < -0.4 is 0 Å². The number of piperidine rings is 1. The third-order valence-corrected chi connectivity index (χ3v) is 4.38. The van der Waals surface area contributed by atoms with E-state index in [9.17, 15) is 5.11 Å². The highest BCUT2D eigenvalue weighted by Crippen LogP contribution is 2.35. The molecule has 0 unspecified atom stereocenters. The predicted molar refractivity (Wildman–Crippen MR) is 68.6 cm³/mol. The summed E-state index contributed by atoms with van der Waals surface area (Å²) in [6.45, 7) is 6.21. The van der Waals surface area contributed by atoms with E-state index >= 15 is 0 Å². The fourth-order valence-corrected chi connectivity index (χ4v) is 3.14. The van der Waals surface area contributed by atoms with Crippen molar-refractivity contribution < 1.29 is 9.94 Å². The first-order valence-electron chi connectivity index (χ1n) is 7.20. The summed E-state index contributed by atoms with van der Waals surface area (Å²) in [5, 5.41) is 11.6. The third-order valence-electron chi connectivity index (χ3n) is 4.38. The lowest BCUT2D eigenvalue weighted by molar-refractivity contribution is -0.265. The molecular formula is C14H27NO2. The molecule has 1 saturated heterocycles. The quantitative estimate of drug-likeness (QED) is 0.824. The highest BCUT2D eigenvalue weighted by molar-refractivity contribution is 4.82. The largest absolute Gasteiger partial charge is 0.393 e. The standard InChI is InChI=1S/C14H27NO2/c1-14(2,12-6-4-3-5-7-12)17-15-10-8-13(16)9-11-15/h12-13,16H,3-11H2,1-2H3. The molecule has 2 rings (SSSR count). The zero-order valence-electron chi connectivity index (χ0n) is 11.3. The first-order valence-corrected chi connectivity index (χ1v) is 7.20. The summed E-state index contributed by atoms with van der Waals surface area (Å²) in [5.41, 5.74) is -0.0390. The fraction of sp³-hybridized carbons (Fsp3) is 1.00. The van der Waals surface area contributed by atoms with Gasteiger partial charge in [-0.05, 0) is 45.4 Å². The van der Waals surface area contributed by atoms with Crippen LogP contribution >= 0.6 is 0 Å². The summed E-state index contributed by atoms with van der Waals surface area (Å²) in [5.74, 6) is 0.697. The number of rotatable bonds is 3. The normalized spacial score (nSPS) is 26.3. The molecule has 0 atom stereocenters. The van der Waals surface area contributed by atoms with Crippen LogP contribution in [0.25, 0.3) is 0 Å². The maximum atomic E-state index is 9.49. The molecule has 2 fully saturated rings. The summed E-state index contributed by atoms with van der Waals surface area (Å²) in [6.07, 6.45) is 8.30. The minimum atomic E-state index is -0.118. The first-order chi connectivity index (χ1) is 8.08. The van der Waals surface area contributed by atoms with Gasteiger partial charge in [-0.15, -0.1) is 0 Å². The molecule has 1 heterocycles. The van der Waals surface area contributed by atoms with Gasteiger partial charge < -0.3 is 5.11 Å². The van der Waals surface area contributed by atoms with Crippen LogP contribution in [0.2, 0.25) is 0 Å². The molecule has 100 valence electrons. The lowest BCUT2D eigenvalue weighted by atomic mass is 9.79. The minimum absolute atomic E-state index is 0.0390. The molecule has 0 spiro atoms. The number of hydroxylamine groups is 2. The smallest absolute Gasteiger partial charge is 0.0871 e. The van der Waals surface area contributed by atoms with Gasteiger partial charge in [0.2, 0.25) is 0 Å². The van der Waals surface area contributed by atoms with Gasteiger partial charge in [-0.3, -0.25) is 4.84 Å². The van der Waals surface area contributed by atoms with E-state index in [1.807, 2.05) is 0 Å². The van der Waals surface area contributed by atoms with Crippen LogP contribution in [0.5, 0.6) is 0 Å². The Balaban J connectivity index is 1.83. The topological polar surface area (TPSA) is 32.7 Å². The van der Waals surface area contributed by atoms with Crippen molar-refractivity contribution in [3.8, 4) is 0 Å². The van der Waals surface area contributed by atoms with Crippen molar-refractivity contribution in [3.05, 3.63) is 0 Å². The first kappa shape index (κ1) is 13.3. The van der Waals surface area contributed by atoms with Crippen molar-refractivity contribution in [2.45, 2.75) is 70.5 Å². The molecule has 0 radical (unpaired) electrons. The van der Waals surface area contributed by atoms with Crippen molar-refractivity contribution in [3.63, 3.8) is 0 Å². The molecule has 1 saturated carbocycles. The Labute approximate surface area is 105 Å². The average molecular weight is 241 g/mol. The van der Waals surface area contributed by atoms with Crippen LogP contribution in [0.1, 0.15) is 58.8 Å². The lowest BCUT2D eigenvalue weighted by Crippen LogP contribution is -2.45. The molecule has 3 nitrogen and oxygen atoms in total. The van der Waals surface area contributed by atoms with Gasteiger partial charge in [-0.1, -0.05) is 19.3 Å². The van der Waals surface area contributed by atoms with Gasteiger partial charge in [0.1, 0.15) is 0 Å². The molecule has 3 heteroatoms. The molecule has 0 aromatic heterocycles. The molecule has 1 N–H and O–H groups in total. The molecular weight excluding hydrogens is 214 g/mol. The van der Waals surface area contributed by atoms with Crippen molar-refractivity contribution in [1.82, 2.24) is 5.06 Å². The van der Waals surface area contributed by atoms with E-state index in [1.54, 1.807) is 0 Å². The van der Waals surface area contributed by atoms with Gasteiger partial charge in [0.25, 0.3) is 0 Å². The van der Waals surface area contributed by atoms with Crippen molar-refractivity contribution >= 4 is 0 Å². The highest BCUT2D eigenvalue weighted by Gasteiger charge is 2.34. The third kappa shape index (κ3) is 3.67. The molecule has 0 aromatic rings. The Bertz CT molecular complexity index is 228. The zero-order valence-corrected chi connectivity index (χ0v) is 11.3. The predicted octanol–water partition coefficient (Wildman–Crippen LogP) is 2.73. The van der Waals surface area contributed by atoms with Crippen LogP contribution in [0, 0.1) is 5.92 Å². The van der Waals surface area contributed by atoms with Crippen LogP contribution in [0.3, 0.4) is 0 Å². The Kier molecular flexibility index (Phi) is 4.45. The summed E-state index contributed by atoms with van der Waals surface area (Å²) >= 11 is 0. The van der Waals surface area contributed by atoms with Gasteiger partial charge in [-0.2, -0.15) is 5.06 Å². The van der Waals surface area contributed by atoms with E-state index < -0.39 is 0 Å². The molecule has 1 aliphatic carbocycles. The Morgan fingerprint density at radius 3 is 2.18 bits per heavy atom. The molecule has 0 aromatic carbocycles. The monoisotopic (exact) mass is 241 g/mol. The Morgan fingerprint density at radius 2 is 1.59 bits per heavy atom. The zero-order chi connectivity index (χ0) is 12.3. The van der Waals surface area contributed by atoms with E-state index in [1.165, 1.54) is 32.1 Å². The second kappa shape index (κ2) is 5.68. The van der Waals surface area contributed by atoms with Crippen molar-refractivity contribution in [2.75, 3.05) is 13.1 Å². The van der Waals surface area contributed by atoms with Gasteiger partial charge in [0.15, 0.2) is 0 Å². The number of hydrogen-bond donors (Lipinski definition) is 1. The summed E-state index contributed by atoms with van der Waals surface area (Å²) in [4.78, 5) is 6.19. The SMILES string of the molecule is CC(C)(ON1CCC(O)CC1)C1CCCCC1. The van der Waals surface area contributed by atoms with Gasteiger partial charge in [0.05, 0.1) is 11.7 Å². The second-order valence-corrected chi connectivity index (χ2v) is 6.19. The summed E-state index contributed by atoms with van der Waals surface area (Å²) < 4.78 is 0. The highest BCUT2D eigenvalue weighted by atomic mass is 16.7. The Morgan fingerprint density at radius 1 is 1.00 bits per heavy atom. The Hall–Kier alpha value is -0.120. The second-order valence-electron chi connectivity index (χ2n) is 6.19. The number of nitrogens with zero attached hydrogens (tertiary/aromatic N) is 1. The number of hydrogen-bond acceptors (Lipinski definition) is 3. The van der Waals surface area contributed by atoms with Crippen LogP contribution in [-0.4, -0.2) is 35.0 Å². The van der Waals surface area contributed by atoms with Crippen LogP contribution in [0.15, 0.2) is 0 Å². The van der Waals surface area contributed by atoms with Gasteiger partial charge in [0, 0.05) is 13.1 Å². The van der Waals surface area contributed by atoms with Crippen LogP contribution in [-0.2, 0) is 4.84 Å². The van der Waals surface area contributed by atoms with Crippen molar-refractivity contribution in [2.24, 2.45) is 5.92 Å². The summed E-state index contributed by atoms with van der Waals surface area (Å²) in [7, 11) is 0. The van der Waals surface area contributed by atoms with Gasteiger partial charge >= 0.3 is 0 Å². The average Bonchev–Trinajstić information content (AvgIpc) is 2.33. The number of aliphatic hydroxyl groups is 1. The molecule has 0 bridgehead atoms. The van der Waals surface area contributed by atoms with E-state index in [2.05, 4.69) is 18.9 Å². The molecule has 1 aliphatic heterocycles. The maximum Gasteiger partial charge on any atom is 0.0871 e.